The van der Waals surface area contributed by atoms with E-state index in [1.807, 2.05) is 18.2 Å². The number of halogens is 2. The van der Waals surface area contributed by atoms with Crippen LogP contribution in [0.1, 0.15) is 29.2 Å². The second kappa shape index (κ2) is 5.21. The van der Waals surface area contributed by atoms with E-state index >= 15 is 0 Å². The minimum absolute atomic E-state index is 0.0266. The molecule has 2 nitrogen and oxygen atoms in total. The molecule has 0 amide bonds. The Bertz CT molecular complexity index is 622. The molecule has 1 unspecified atom stereocenters. The van der Waals surface area contributed by atoms with Crippen LogP contribution in [0.15, 0.2) is 36.4 Å². The fourth-order valence-electron chi connectivity index (χ4n) is 2.61. The summed E-state index contributed by atoms with van der Waals surface area (Å²) >= 11 is 0. The van der Waals surface area contributed by atoms with Crippen LogP contribution in [-0.4, -0.2) is 0 Å². The molecule has 0 radical (unpaired) electrons. The third-order valence-electron chi connectivity index (χ3n) is 3.71. The maximum Gasteiger partial charge on any atom is 0.132 e. The summed E-state index contributed by atoms with van der Waals surface area (Å²) in [7, 11) is 0. The van der Waals surface area contributed by atoms with Crippen molar-refractivity contribution in [2.45, 2.75) is 25.5 Å². The van der Waals surface area contributed by atoms with Gasteiger partial charge in [-0.3, -0.25) is 0 Å². The molecule has 2 aromatic carbocycles. The molecule has 104 valence electrons. The van der Waals surface area contributed by atoms with Crippen molar-refractivity contribution in [3.63, 3.8) is 0 Å². The van der Waals surface area contributed by atoms with Gasteiger partial charge in [0.2, 0.25) is 0 Å². The summed E-state index contributed by atoms with van der Waals surface area (Å²) in [5.74, 6) is -0.512. The summed E-state index contributed by atoms with van der Waals surface area (Å²) in [6.07, 6.45) is 1.72. The van der Waals surface area contributed by atoms with Crippen LogP contribution in [0.3, 0.4) is 0 Å². The third-order valence-corrected chi connectivity index (χ3v) is 3.71. The van der Waals surface area contributed by atoms with E-state index in [-0.39, 0.29) is 18.2 Å². The molecule has 4 heteroatoms. The summed E-state index contributed by atoms with van der Waals surface area (Å²) < 4.78 is 32.7. The monoisotopic (exact) mass is 275 g/mol. The minimum Gasteiger partial charge on any atom is -0.488 e. The Morgan fingerprint density at radius 2 is 1.80 bits per heavy atom. The summed E-state index contributed by atoms with van der Waals surface area (Å²) in [6, 6.07) is 9.47. The average Bonchev–Trinajstić information content (AvgIpc) is 2.81. The Kier molecular flexibility index (Phi) is 3.40. The van der Waals surface area contributed by atoms with E-state index < -0.39 is 11.6 Å². The van der Waals surface area contributed by atoms with Gasteiger partial charge in [0.15, 0.2) is 0 Å². The highest BCUT2D eigenvalue weighted by molar-refractivity contribution is 5.45. The van der Waals surface area contributed by atoms with Gasteiger partial charge in [0.1, 0.15) is 24.0 Å². The zero-order chi connectivity index (χ0) is 14.1. The molecule has 0 saturated carbocycles. The zero-order valence-electron chi connectivity index (χ0n) is 10.9. The number of benzene rings is 2. The molecule has 3 rings (SSSR count). The smallest absolute Gasteiger partial charge is 0.132 e. The van der Waals surface area contributed by atoms with Gasteiger partial charge in [-0.05, 0) is 42.2 Å². The predicted octanol–water partition coefficient (Wildman–Crippen LogP) is 3.49. The van der Waals surface area contributed by atoms with Crippen molar-refractivity contribution < 1.29 is 13.5 Å². The van der Waals surface area contributed by atoms with Gasteiger partial charge in [-0.15, -0.1) is 0 Å². The molecule has 0 bridgehead atoms. The van der Waals surface area contributed by atoms with Gasteiger partial charge in [-0.25, -0.2) is 8.78 Å². The van der Waals surface area contributed by atoms with E-state index in [4.69, 9.17) is 10.5 Å². The van der Waals surface area contributed by atoms with Gasteiger partial charge in [-0.2, -0.15) is 0 Å². The summed E-state index contributed by atoms with van der Waals surface area (Å²) in [5.41, 5.74) is 8.07. The first-order valence-corrected chi connectivity index (χ1v) is 6.60. The molecule has 2 N–H and O–H groups in total. The van der Waals surface area contributed by atoms with Gasteiger partial charge in [0.25, 0.3) is 0 Å². The van der Waals surface area contributed by atoms with E-state index in [0.717, 1.165) is 24.0 Å². The summed E-state index contributed by atoms with van der Waals surface area (Å²) in [5, 5.41) is 0. The van der Waals surface area contributed by atoms with Crippen LogP contribution in [0.2, 0.25) is 0 Å². The van der Waals surface area contributed by atoms with Crippen molar-refractivity contribution in [2.24, 2.45) is 5.73 Å². The van der Waals surface area contributed by atoms with E-state index in [2.05, 4.69) is 0 Å². The lowest BCUT2D eigenvalue weighted by Gasteiger charge is -2.12. The van der Waals surface area contributed by atoms with Gasteiger partial charge in [0.05, 0.1) is 5.56 Å². The standard InChI is InChI=1S/C16H15F2NO/c17-13-4-2-5-14(18)12(13)9-20-16-6-1-3-10-11(16)7-8-15(10)19/h1-6,15H,7-9,19H2. The molecule has 0 saturated heterocycles. The molecule has 2 aromatic rings. The second-order valence-electron chi connectivity index (χ2n) is 4.96. The predicted molar refractivity (Wildman–Crippen MR) is 72.4 cm³/mol. The lowest BCUT2D eigenvalue weighted by Crippen LogP contribution is -2.06. The van der Waals surface area contributed by atoms with Crippen molar-refractivity contribution in [2.75, 3.05) is 0 Å². The van der Waals surface area contributed by atoms with Gasteiger partial charge in [0, 0.05) is 6.04 Å². The van der Waals surface area contributed by atoms with Crippen molar-refractivity contribution in [3.05, 3.63) is 64.7 Å². The number of ether oxygens (including phenoxy) is 1. The van der Waals surface area contributed by atoms with Crippen LogP contribution in [0, 0.1) is 11.6 Å². The Morgan fingerprint density at radius 3 is 2.55 bits per heavy atom. The van der Waals surface area contributed by atoms with Crippen molar-refractivity contribution >= 4 is 0 Å². The van der Waals surface area contributed by atoms with Gasteiger partial charge >= 0.3 is 0 Å². The van der Waals surface area contributed by atoms with E-state index in [0.29, 0.717) is 5.75 Å². The van der Waals surface area contributed by atoms with Crippen molar-refractivity contribution in [1.82, 2.24) is 0 Å². The Balaban J connectivity index is 1.83. The first kappa shape index (κ1) is 13.1. The number of rotatable bonds is 3. The molecular weight excluding hydrogens is 260 g/mol. The van der Waals surface area contributed by atoms with Crippen LogP contribution in [0.4, 0.5) is 8.78 Å². The molecule has 1 atom stereocenters. The topological polar surface area (TPSA) is 35.2 Å². The number of hydrogen-bond donors (Lipinski definition) is 1. The van der Waals surface area contributed by atoms with E-state index in [1.165, 1.54) is 18.2 Å². The summed E-state index contributed by atoms with van der Waals surface area (Å²) in [4.78, 5) is 0. The first-order valence-electron chi connectivity index (χ1n) is 6.60. The normalized spacial score (nSPS) is 17.1. The molecule has 20 heavy (non-hydrogen) atoms. The molecule has 0 aliphatic heterocycles. The van der Waals surface area contributed by atoms with Gasteiger partial charge < -0.3 is 10.5 Å². The van der Waals surface area contributed by atoms with E-state index in [1.54, 1.807) is 0 Å². The van der Waals surface area contributed by atoms with Crippen LogP contribution in [0.25, 0.3) is 0 Å². The van der Waals surface area contributed by atoms with Crippen LogP contribution in [-0.2, 0) is 13.0 Å². The Hall–Kier alpha value is -1.94. The van der Waals surface area contributed by atoms with Crippen LogP contribution < -0.4 is 10.5 Å². The highest BCUT2D eigenvalue weighted by Gasteiger charge is 2.22. The Labute approximate surface area is 116 Å². The highest BCUT2D eigenvalue weighted by atomic mass is 19.1. The quantitative estimate of drug-likeness (QED) is 0.930. The molecule has 0 fully saturated rings. The lowest BCUT2D eigenvalue weighted by atomic mass is 10.1. The molecular formula is C16H15F2NO. The first-order chi connectivity index (χ1) is 9.66. The van der Waals surface area contributed by atoms with Gasteiger partial charge in [-0.1, -0.05) is 18.2 Å². The second-order valence-corrected chi connectivity index (χ2v) is 4.96. The number of nitrogens with two attached hydrogens (primary N) is 1. The largest absolute Gasteiger partial charge is 0.488 e. The molecule has 0 aromatic heterocycles. The van der Waals surface area contributed by atoms with Crippen LogP contribution in [0.5, 0.6) is 5.75 Å². The Morgan fingerprint density at radius 1 is 1.10 bits per heavy atom. The molecule has 1 aliphatic carbocycles. The summed E-state index contributed by atoms with van der Waals surface area (Å²) in [6.45, 7) is -0.121. The number of fused-ring (bicyclic) bond motifs is 1. The van der Waals surface area contributed by atoms with E-state index in [9.17, 15) is 8.78 Å². The van der Waals surface area contributed by atoms with Crippen molar-refractivity contribution in [3.8, 4) is 5.75 Å². The third kappa shape index (κ3) is 2.27. The average molecular weight is 275 g/mol. The fourth-order valence-corrected chi connectivity index (χ4v) is 2.61. The minimum atomic E-state index is -0.589. The lowest BCUT2D eigenvalue weighted by molar-refractivity contribution is 0.290. The van der Waals surface area contributed by atoms with Crippen molar-refractivity contribution in [1.29, 1.82) is 0 Å². The number of hydrogen-bond acceptors (Lipinski definition) is 2. The zero-order valence-corrected chi connectivity index (χ0v) is 10.9. The highest BCUT2D eigenvalue weighted by Crippen LogP contribution is 2.35. The molecule has 1 aliphatic rings. The maximum absolute atomic E-state index is 13.5. The fraction of sp³-hybridized carbons (Fsp3) is 0.250. The molecule has 0 spiro atoms. The van der Waals surface area contributed by atoms with Crippen LogP contribution >= 0.6 is 0 Å². The molecule has 0 heterocycles. The maximum atomic E-state index is 13.5. The SMILES string of the molecule is NC1CCc2c(OCc3c(F)cccc3F)cccc21.